The molecule has 196 valence electrons. The monoisotopic (exact) mass is 504 g/mol. The van der Waals surface area contributed by atoms with Crippen molar-refractivity contribution in [1.29, 1.82) is 0 Å². The smallest absolute Gasteiger partial charge is 0.225 e. The van der Waals surface area contributed by atoms with E-state index in [1.165, 1.54) is 5.57 Å². The zero-order valence-corrected chi connectivity index (χ0v) is 23.5. The van der Waals surface area contributed by atoms with Crippen LogP contribution in [0, 0.1) is 24.2 Å². The number of hydrogen-bond donors (Lipinski definition) is 2. The van der Waals surface area contributed by atoms with E-state index in [-0.39, 0.29) is 30.1 Å². The van der Waals surface area contributed by atoms with E-state index in [0.29, 0.717) is 6.42 Å². The van der Waals surface area contributed by atoms with Crippen LogP contribution in [0.1, 0.15) is 84.3 Å². The highest BCUT2D eigenvalue weighted by atomic mass is 32.1. The molecular formula is C28H44N2O4S. The number of aliphatic hydroxyl groups is 2. The fraction of sp³-hybridized carbons (Fsp3) is 0.679. The van der Waals surface area contributed by atoms with E-state index in [4.69, 9.17) is 0 Å². The van der Waals surface area contributed by atoms with E-state index in [9.17, 15) is 19.8 Å². The number of hydrogen-bond acceptors (Lipinski definition) is 6. The molecule has 2 N–H and O–H groups in total. The van der Waals surface area contributed by atoms with Crippen LogP contribution in [0.4, 0.5) is 0 Å². The Balaban J connectivity index is 2.41. The average molecular weight is 505 g/mol. The van der Waals surface area contributed by atoms with Gasteiger partial charge < -0.3 is 15.1 Å². The molecule has 0 aliphatic carbocycles. The maximum absolute atomic E-state index is 13.3. The van der Waals surface area contributed by atoms with Crippen LogP contribution in [-0.2, 0) is 9.59 Å². The van der Waals surface area contributed by atoms with Crippen LogP contribution in [0.2, 0.25) is 0 Å². The second kappa shape index (κ2) is 12.4. The molecule has 5 unspecified atom stereocenters. The molecule has 2 heterocycles. The summed E-state index contributed by atoms with van der Waals surface area (Å²) in [7, 11) is 1.76. The zero-order valence-electron chi connectivity index (χ0n) is 22.7. The van der Waals surface area contributed by atoms with E-state index in [1.54, 1.807) is 44.1 Å². The van der Waals surface area contributed by atoms with Gasteiger partial charge in [-0.2, -0.15) is 0 Å². The summed E-state index contributed by atoms with van der Waals surface area (Å²) in [4.78, 5) is 32.8. The third-order valence-electron chi connectivity index (χ3n) is 7.66. The van der Waals surface area contributed by atoms with Gasteiger partial charge in [0.1, 0.15) is 5.78 Å². The first-order chi connectivity index (χ1) is 16.2. The Kier molecular flexibility index (Phi) is 10.4. The molecule has 1 amide bonds. The fourth-order valence-corrected chi connectivity index (χ4v) is 5.42. The Morgan fingerprint density at radius 1 is 1.23 bits per heavy atom. The number of aryl methyl sites for hydroxylation is 1. The molecule has 5 atom stereocenters. The van der Waals surface area contributed by atoms with Gasteiger partial charge in [-0.05, 0) is 64.0 Å². The molecule has 0 bridgehead atoms. The minimum atomic E-state index is -1.15. The van der Waals surface area contributed by atoms with E-state index in [0.717, 1.165) is 35.5 Å². The molecule has 35 heavy (non-hydrogen) atoms. The number of amides is 1. The van der Waals surface area contributed by atoms with Gasteiger partial charge >= 0.3 is 0 Å². The number of Topliss-reactive ketones (excluding diaryl/α,β-unsaturated/α-hetero) is 1. The molecular weight excluding hydrogens is 460 g/mol. The number of ketones is 1. The minimum absolute atomic E-state index is 0.0325. The van der Waals surface area contributed by atoms with Crippen molar-refractivity contribution in [2.45, 2.75) is 98.8 Å². The number of rotatable bonds is 2. The normalized spacial score (nSPS) is 30.3. The van der Waals surface area contributed by atoms with E-state index in [1.807, 2.05) is 32.2 Å². The van der Waals surface area contributed by atoms with Crippen LogP contribution in [0.15, 0.2) is 22.6 Å². The Bertz CT molecular complexity index is 949. The molecule has 0 fully saturated rings. The molecule has 0 saturated heterocycles. The van der Waals surface area contributed by atoms with Crippen molar-refractivity contribution >= 4 is 29.1 Å². The van der Waals surface area contributed by atoms with Crippen LogP contribution < -0.4 is 0 Å². The largest absolute Gasteiger partial charge is 0.392 e. The topological polar surface area (TPSA) is 90.7 Å². The Morgan fingerprint density at radius 2 is 1.89 bits per heavy atom. The van der Waals surface area contributed by atoms with E-state index >= 15 is 0 Å². The Morgan fingerprint density at radius 3 is 2.49 bits per heavy atom. The van der Waals surface area contributed by atoms with Gasteiger partial charge in [-0.15, -0.1) is 11.3 Å². The fourth-order valence-electron chi connectivity index (χ4n) is 4.85. The number of aliphatic hydroxyl groups excluding tert-OH is 2. The van der Waals surface area contributed by atoms with Gasteiger partial charge in [-0.3, -0.25) is 9.59 Å². The number of aromatic nitrogens is 1. The van der Waals surface area contributed by atoms with E-state index in [2.05, 4.69) is 18.0 Å². The maximum Gasteiger partial charge on any atom is 0.225 e. The molecule has 0 spiro atoms. The van der Waals surface area contributed by atoms with Crippen molar-refractivity contribution in [2.75, 3.05) is 7.05 Å². The summed E-state index contributed by atoms with van der Waals surface area (Å²) in [5.74, 6) is -1.08. The highest BCUT2D eigenvalue weighted by molar-refractivity contribution is 7.09. The lowest BCUT2D eigenvalue weighted by Crippen LogP contribution is -2.47. The molecule has 7 heteroatoms. The van der Waals surface area contributed by atoms with Crippen molar-refractivity contribution in [3.8, 4) is 0 Å². The average Bonchev–Trinajstić information content (AvgIpc) is 3.20. The predicted molar refractivity (Wildman–Crippen MR) is 143 cm³/mol. The number of thiazole rings is 1. The maximum atomic E-state index is 13.3. The van der Waals surface area contributed by atoms with Gasteiger partial charge in [0, 0.05) is 18.3 Å². The van der Waals surface area contributed by atoms with Gasteiger partial charge in [0.05, 0.1) is 40.8 Å². The molecule has 2 rings (SSSR count). The van der Waals surface area contributed by atoms with Crippen molar-refractivity contribution in [3.63, 3.8) is 0 Å². The molecule has 1 aromatic heterocycles. The molecule has 0 saturated carbocycles. The lowest BCUT2D eigenvalue weighted by molar-refractivity contribution is -0.145. The molecule has 1 aromatic rings. The highest BCUT2D eigenvalue weighted by Gasteiger charge is 2.42. The lowest BCUT2D eigenvalue weighted by atomic mass is 9.73. The SMILES string of the molecule is CC1=CCC(C(C)=Cc2csc(C)n2)N(C)C(=O)CC(O)C(C)(C)C(=O)C(C)C(O)C(C)CCC1. The summed E-state index contributed by atoms with van der Waals surface area (Å²) in [5.41, 5.74) is 1.99. The summed E-state index contributed by atoms with van der Waals surface area (Å²) in [6.07, 6.45) is 5.43. The summed E-state index contributed by atoms with van der Waals surface area (Å²) in [6, 6.07) is -0.182. The second-order valence-corrected chi connectivity index (χ2v) is 12.0. The standard InChI is InChI=1S/C28H44N2O4S/c1-17-10-9-11-18(2)26(33)20(4)27(34)28(6,7)24(31)15-25(32)30(8)23(13-12-17)19(3)14-22-16-35-21(5)29-22/h12,14,16,18,20,23-24,26,31,33H,9-11,13,15H2,1-8H3. The first-order valence-electron chi connectivity index (χ1n) is 12.7. The lowest BCUT2D eigenvalue weighted by Gasteiger charge is -2.36. The third-order valence-corrected chi connectivity index (χ3v) is 8.46. The van der Waals surface area contributed by atoms with Gasteiger partial charge in [0.2, 0.25) is 5.91 Å². The quantitative estimate of drug-likeness (QED) is 0.542. The van der Waals surface area contributed by atoms with Crippen LogP contribution in [-0.4, -0.2) is 57.1 Å². The third kappa shape index (κ3) is 7.58. The number of nitrogens with zero attached hydrogens (tertiary/aromatic N) is 2. The van der Waals surface area contributed by atoms with Crippen LogP contribution in [0.25, 0.3) is 6.08 Å². The Hall–Kier alpha value is -1.83. The van der Waals surface area contributed by atoms with Gasteiger partial charge in [-0.1, -0.05) is 39.3 Å². The van der Waals surface area contributed by atoms with Gasteiger partial charge in [0.15, 0.2) is 0 Å². The Labute approximate surface area is 215 Å². The molecule has 6 nitrogen and oxygen atoms in total. The zero-order chi connectivity index (χ0) is 26.5. The van der Waals surface area contributed by atoms with Gasteiger partial charge in [-0.25, -0.2) is 4.98 Å². The summed E-state index contributed by atoms with van der Waals surface area (Å²) < 4.78 is 0. The number of carbonyl (C=O) groups is 2. The van der Waals surface area contributed by atoms with Gasteiger partial charge in [0.25, 0.3) is 0 Å². The van der Waals surface area contributed by atoms with Crippen molar-refractivity contribution in [2.24, 2.45) is 17.3 Å². The summed E-state index contributed by atoms with van der Waals surface area (Å²) in [5, 5.41) is 24.8. The second-order valence-electron chi connectivity index (χ2n) is 10.9. The van der Waals surface area contributed by atoms with Crippen LogP contribution >= 0.6 is 11.3 Å². The number of carbonyl (C=O) groups excluding carboxylic acids is 2. The van der Waals surface area contributed by atoms with Crippen molar-refractivity contribution in [3.05, 3.63) is 33.3 Å². The molecule has 0 radical (unpaired) electrons. The molecule has 1 aliphatic heterocycles. The molecule has 1 aliphatic rings. The predicted octanol–water partition coefficient (Wildman–Crippen LogP) is 5.18. The van der Waals surface area contributed by atoms with Crippen LogP contribution in [0.5, 0.6) is 0 Å². The van der Waals surface area contributed by atoms with E-state index < -0.39 is 23.5 Å². The first-order valence-corrected chi connectivity index (χ1v) is 13.6. The molecule has 0 aromatic carbocycles. The highest BCUT2D eigenvalue weighted by Crippen LogP contribution is 2.32. The summed E-state index contributed by atoms with van der Waals surface area (Å²) >= 11 is 1.59. The number of likely N-dealkylation sites (N-methyl/N-ethyl adjacent to an activating group) is 1. The number of allylic oxidation sites excluding steroid dienone is 1. The summed E-state index contributed by atoms with van der Waals surface area (Å²) in [6.45, 7) is 13.1. The van der Waals surface area contributed by atoms with Crippen molar-refractivity contribution < 1.29 is 19.8 Å². The van der Waals surface area contributed by atoms with Crippen molar-refractivity contribution in [1.82, 2.24) is 9.88 Å². The van der Waals surface area contributed by atoms with Crippen LogP contribution in [0.3, 0.4) is 0 Å². The minimum Gasteiger partial charge on any atom is -0.392 e. The first kappa shape index (κ1) is 29.4.